The third-order valence-corrected chi connectivity index (χ3v) is 6.77. The summed E-state index contributed by atoms with van der Waals surface area (Å²) in [6.07, 6.45) is -2.74. The zero-order valence-electron chi connectivity index (χ0n) is 19.5. The van der Waals surface area contributed by atoms with Gasteiger partial charge in [0.15, 0.2) is 5.11 Å². The van der Waals surface area contributed by atoms with Crippen LogP contribution in [0.25, 0.3) is 5.69 Å². The molecule has 0 spiro atoms. The van der Waals surface area contributed by atoms with Gasteiger partial charge in [0.05, 0.1) is 29.0 Å². The highest BCUT2D eigenvalue weighted by atomic mass is 32.1. The Bertz CT molecular complexity index is 1430. The molecule has 2 unspecified atom stereocenters. The van der Waals surface area contributed by atoms with Crippen molar-refractivity contribution < 1.29 is 18.3 Å². The first-order valence-electron chi connectivity index (χ1n) is 11.3. The molecule has 5 rings (SSSR count). The maximum Gasteiger partial charge on any atom is 0.416 e. The summed E-state index contributed by atoms with van der Waals surface area (Å²) in [7, 11) is 0. The number of hydrogen-bond acceptors (Lipinski definition) is 3. The molecule has 9 heteroatoms. The molecule has 4 aromatic rings. The minimum absolute atomic E-state index is 0.0695. The van der Waals surface area contributed by atoms with E-state index in [4.69, 9.17) is 12.2 Å². The Hall–Kier alpha value is -3.85. The van der Waals surface area contributed by atoms with E-state index in [1.807, 2.05) is 53.6 Å². The first-order valence-corrected chi connectivity index (χ1v) is 11.7. The van der Waals surface area contributed by atoms with Crippen LogP contribution in [-0.4, -0.2) is 19.8 Å². The molecule has 2 N–H and O–H groups in total. The van der Waals surface area contributed by atoms with Crippen molar-refractivity contribution in [2.24, 2.45) is 0 Å². The highest BCUT2D eigenvalue weighted by molar-refractivity contribution is 7.80. The van der Waals surface area contributed by atoms with Gasteiger partial charge < -0.3 is 19.9 Å². The molecule has 0 saturated carbocycles. The number of aryl methyl sites for hydroxylation is 1. The van der Waals surface area contributed by atoms with Crippen molar-refractivity contribution in [1.29, 1.82) is 0 Å². The largest absolute Gasteiger partial charge is 0.506 e. The van der Waals surface area contributed by atoms with Gasteiger partial charge in [-0.15, -0.1) is 0 Å². The summed E-state index contributed by atoms with van der Waals surface area (Å²) in [6.45, 7) is 3.74. The number of hydrogen-bond donors (Lipinski definition) is 2. The number of halogens is 3. The Morgan fingerprint density at radius 2 is 1.72 bits per heavy atom. The van der Waals surface area contributed by atoms with Gasteiger partial charge in [0.25, 0.3) is 0 Å². The second kappa shape index (κ2) is 8.98. The average molecular weight is 509 g/mol. The molecule has 1 saturated heterocycles. The van der Waals surface area contributed by atoms with E-state index in [0.717, 1.165) is 34.8 Å². The minimum Gasteiger partial charge on any atom is -0.506 e. The van der Waals surface area contributed by atoms with Crippen LogP contribution in [-0.2, 0) is 6.18 Å². The van der Waals surface area contributed by atoms with Crippen molar-refractivity contribution in [2.75, 3.05) is 4.90 Å². The van der Waals surface area contributed by atoms with Gasteiger partial charge in [-0.05, 0) is 80.2 Å². The van der Waals surface area contributed by atoms with Crippen molar-refractivity contribution in [3.8, 4) is 11.4 Å². The summed E-state index contributed by atoms with van der Waals surface area (Å²) in [5.41, 5.74) is 3.40. The number of anilines is 1. The quantitative estimate of drug-likeness (QED) is 0.313. The number of rotatable bonds is 4. The van der Waals surface area contributed by atoms with Gasteiger partial charge in [-0.25, -0.2) is 0 Å². The van der Waals surface area contributed by atoms with Crippen LogP contribution in [0.5, 0.6) is 5.75 Å². The summed E-state index contributed by atoms with van der Waals surface area (Å²) in [5, 5.41) is 14.4. The SMILES string of the molecule is Cc1cc(C2C(c3ccccn3)NC(=S)N2c2ccccc2O)c(C)n1-c1cccc(C(F)(F)F)c1. The number of pyridine rings is 1. The van der Waals surface area contributed by atoms with Crippen LogP contribution in [0.3, 0.4) is 0 Å². The molecule has 2 aromatic carbocycles. The molecule has 0 amide bonds. The molecular formula is C27H23F3N4OS. The molecule has 36 heavy (non-hydrogen) atoms. The van der Waals surface area contributed by atoms with Gasteiger partial charge in [-0.3, -0.25) is 4.98 Å². The number of phenolic OH excluding ortho intramolecular Hbond substituents is 1. The molecule has 1 fully saturated rings. The number of nitrogens with one attached hydrogen (secondary N) is 1. The standard InChI is InChI=1S/C27H23F3N4OS/c1-16-14-20(17(2)33(16)19-9-7-8-18(15-19)27(28,29)30)25-24(21-10-5-6-13-31-21)32-26(36)34(25)22-11-3-4-12-23(22)35/h3-15,24-25,35H,1-2H3,(H,32,36). The van der Waals surface area contributed by atoms with E-state index in [0.29, 0.717) is 16.5 Å². The molecule has 0 bridgehead atoms. The zero-order chi connectivity index (χ0) is 25.6. The van der Waals surface area contributed by atoms with E-state index in [1.54, 1.807) is 30.5 Å². The Morgan fingerprint density at radius 3 is 2.42 bits per heavy atom. The van der Waals surface area contributed by atoms with Crippen LogP contribution in [0.4, 0.5) is 18.9 Å². The van der Waals surface area contributed by atoms with E-state index in [2.05, 4.69) is 10.3 Å². The van der Waals surface area contributed by atoms with Crippen molar-refractivity contribution in [3.63, 3.8) is 0 Å². The Balaban J connectivity index is 1.69. The lowest BCUT2D eigenvalue weighted by Gasteiger charge is -2.28. The van der Waals surface area contributed by atoms with E-state index in [9.17, 15) is 18.3 Å². The van der Waals surface area contributed by atoms with Crippen LogP contribution < -0.4 is 10.2 Å². The van der Waals surface area contributed by atoms with Gasteiger partial charge >= 0.3 is 6.18 Å². The third-order valence-electron chi connectivity index (χ3n) is 6.46. The van der Waals surface area contributed by atoms with Gasteiger partial charge in [0.2, 0.25) is 0 Å². The van der Waals surface area contributed by atoms with Gasteiger partial charge in [0, 0.05) is 23.3 Å². The lowest BCUT2D eigenvalue weighted by Crippen LogP contribution is -2.29. The van der Waals surface area contributed by atoms with Crippen LogP contribution >= 0.6 is 12.2 Å². The molecule has 2 atom stereocenters. The normalized spacial score (nSPS) is 17.9. The summed E-state index contributed by atoms with van der Waals surface area (Å²) in [6, 6.07) is 19.0. The van der Waals surface area contributed by atoms with Crippen LogP contribution in [0.2, 0.25) is 0 Å². The van der Waals surface area contributed by atoms with Crippen LogP contribution in [0.1, 0.15) is 40.3 Å². The molecular weight excluding hydrogens is 485 g/mol. The van der Waals surface area contributed by atoms with Gasteiger partial charge in [-0.1, -0.05) is 24.3 Å². The molecule has 2 aromatic heterocycles. The molecule has 0 aliphatic carbocycles. The average Bonchev–Trinajstić information content (AvgIpc) is 3.34. The van der Waals surface area contributed by atoms with Crippen molar-refractivity contribution in [3.05, 3.63) is 107 Å². The van der Waals surface area contributed by atoms with E-state index in [-0.39, 0.29) is 11.8 Å². The maximum absolute atomic E-state index is 13.4. The summed E-state index contributed by atoms with van der Waals surface area (Å²) >= 11 is 5.71. The topological polar surface area (TPSA) is 53.3 Å². The zero-order valence-corrected chi connectivity index (χ0v) is 20.3. The highest BCUT2D eigenvalue weighted by Gasteiger charge is 2.43. The second-order valence-electron chi connectivity index (χ2n) is 8.70. The monoisotopic (exact) mass is 508 g/mol. The minimum atomic E-state index is -4.44. The smallest absolute Gasteiger partial charge is 0.416 e. The van der Waals surface area contributed by atoms with Crippen LogP contribution in [0, 0.1) is 13.8 Å². The molecule has 3 heterocycles. The van der Waals surface area contributed by atoms with Gasteiger partial charge in [0.1, 0.15) is 5.75 Å². The number of phenols is 1. The molecule has 184 valence electrons. The summed E-state index contributed by atoms with van der Waals surface area (Å²) < 4.78 is 42.1. The summed E-state index contributed by atoms with van der Waals surface area (Å²) in [4.78, 5) is 6.38. The summed E-state index contributed by atoms with van der Waals surface area (Å²) in [5.74, 6) is 0.0695. The predicted octanol–water partition coefficient (Wildman–Crippen LogP) is 6.39. The third kappa shape index (κ3) is 4.09. The molecule has 1 aliphatic heterocycles. The number of para-hydroxylation sites is 2. The Kier molecular flexibility index (Phi) is 5.96. The fourth-order valence-corrected chi connectivity index (χ4v) is 5.24. The lowest BCUT2D eigenvalue weighted by atomic mass is 9.96. The number of benzene rings is 2. The Morgan fingerprint density at radius 1 is 0.972 bits per heavy atom. The number of aromatic nitrogens is 2. The predicted molar refractivity (Wildman–Crippen MR) is 136 cm³/mol. The number of alkyl halides is 3. The molecule has 1 aliphatic rings. The van der Waals surface area contributed by atoms with Crippen LogP contribution in [0.15, 0.2) is 79.0 Å². The van der Waals surface area contributed by atoms with Gasteiger partial charge in [-0.2, -0.15) is 13.2 Å². The molecule has 0 radical (unpaired) electrons. The first-order chi connectivity index (χ1) is 17.2. The Labute approximate surface area is 211 Å². The van der Waals surface area contributed by atoms with E-state index >= 15 is 0 Å². The first kappa shape index (κ1) is 23.9. The lowest BCUT2D eigenvalue weighted by molar-refractivity contribution is -0.137. The number of nitrogens with zero attached hydrogens (tertiary/aromatic N) is 3. The van der Waals surface area contributed by atoms with E-state index < -0.39 is 17.8 Å². The fraction of sp³-hybridized carbons (Fsp3) is 0.185. The highest BCUT2D eigenvalue weighted by Crippen LogP contribution is 2.46. The maximum atomic E-state index is 13.4. The molecule has 5 nitrogen and oxygen atoms in total. The van der Waals surface area contributed by atoms with Crippen molar-refractivity contribution >= 4 is 23.0 Å². The van der Waals surface area contributed by atoms with Crippen molar-refractivity contribution in [1.82, 2.24) is 14.9 Å². The number of thiocarbonyl (C=S) groups is 1. The second-order valence-corrected chi connectivity index (χ2v) is 9.08. The van der Waals surface area contributed by atoms with E-state index in [1.165, 1.54) is 6.07 Å². The number of aromatic hydroxyl groups is 1. The van der Waals surface area contributed by atoms with Crippen molar-refractivity contribution in [2.45, 2.75) is 32.1 Å². The fourth-order valence-electron chi connectivity index (χ4n) is 4.90.